The molecule has 5 nitrogen and oxygen atoms in total. The quantitative estimate of drug-likeness (QED) is 0.446. The molecule has 0 saturated heterocycles. The van der Waals surface area contributed by atoms with E-state index in [0.29, 0.717) is 5.02 Å². The van der Waals surface area contributed by atoms with Gasteiger partial charge in [-0.15, -0.1) is 0 Å². The van der Waals surface area contributed by atoms with Gasteiger partial charge in [0, 0.05) is 11.1 Å². The molecule has 0 atom stereocenters. The van der Waals surface area contributed by atoms with Crippen molar-refractivity contribution in [3.05, 3.63) is 23.2 Å². The first-order valence-corrected chi connectivity index (χ1v) is 7.54. The number of hydrogen-bond donors (Lipinski definition) is 3. The van der Waals surface area contributed by atoms with Crippen molar-refractivity contribution in [2.45, 2.75) is 44.6 Å². The van der Waals surface area contributed by atoms with Crippen molar-refractivity contribution in [3.63, 3.8) is 0 Å². The first-order chi connectivity index (χ1) is 10.1. The molecule has 114 valence electrons. The largest absolute Gasteiger partial charge is 0.506 e. The molecule has 1 aliphatic carbocycles. The van der Waals surface area contributed by atoms with Crippen LogP contribution in [0, 0.1) is 0 Å². The summed E-state index contributed by atoms with van der Waals surface area (Å²) in [4.78, 5) is 23.7. The highest BCUT2D eigenvalue weighted by Crippen LogP contribution is 2.26. The predicted molar refractivity (Wildman–Crippen MR) is 81.4 cm³/mol. The molecule has 1 fully saturated rings. The van der Waals surface area contributed by atoms with Gasteiger partial charge in [0.1, 0.15) is 5.75 Å². The maximum absolute atomic E-state index is 11.9. The topological polar surface area (TPSA) is 78.4 Å². The normalized spacial score (nSPS) is 16.0. The van der Waals surface area contributed by atoms with Crippen LogP contribution < -0.4 is 10.6 Å². The zero-order valence-electron chi connectivity index (χ0n) is 11.7. The van der Waals surface area contributed by atoms with Crippen LogP contribution in [0.4, 0.5) is 5.69 Å². The Morgan fingerprint density at radius 3 is 2.43 bits per heavy atom. The molecule has 0 radical (unpaired) electrons. The summed E-state index contributed by atoms with van der Waals surface area (Å²) in [5, 5.41) is 15.1. The molecule has 0 spiro atoms. The number of aromatic hydroxyl groups is 1. The molecule has 0 heterocycles. The molecular formula is C15H19ClN2O3. The summed E-state index contributed by atoms with van der Waals surface area (Å²) in [6, 6.07) is 4.31. The number of amides is 2. The number of anilines is 1. The first kappa shape index (κ1) is 15.6. The zero-order chi connectivity index (χ0) is 15.2. The van der Waals surface area contributed by atoms with Crippen LogP contribution in [0.5, 0.6) is 5.75 Å². The van der Waals surface area contributed by atoms with Crippen molar-refractivity contribution < 1.29 is 14.7 Å². The van der Waals surface area contributed by atoms with Gasteiger partial charge in [0.15, 0.2) is 0 Å². The minimum absolute atomic E-state index is 0.0544. The zero-order valence-corrected chi connectivity index (χ0v) is 12.4. The maximum atomic E-state index is 11.9. The van der Waals surface area contributed by atoms with E-state index in [4.69, 9.17) is 11.6 Å². The highest BCUT2D eigenvalue weighted by Gasteiger charge is 2.20. The van der Waals surface area contributed by atoms with Crippen LogP contribution in [-0.2, 0) is 9.59 Å². The van der Waals surface area contributed by atoms with Gasteiger partial charge < -0.3 is 15.7 Å². The lowest BCUT2D eigenvalue weighted by molar-refractivity contribution is -0.136. The third-order valence-electron chi connectivity index (χ3n) is 3.60. The smallest absolute Gasteiger partial charge is 0.313 e. The molecule has 0 unspecified atom stereocenters. The monoisotopic (exact) mass is 310 g/mol. The average Bonchev–Trinajstić information content (AvgIpc) is 2.71. The molecule has 2 rings (SSSR count). The Morgan fingerprint density at radius 1 is 1.10 bits per heavy atom. The number of rotatable bonds is 2. The highest BCUT2D eigenvalue weighted by molar-refractivity contribution is 6.40. The fourth-order valence-electron chi connectivity index (χ4n) is 2.46. The van der Waals surface area contributed by atoms with E-state index in [1.165, 1.54) is 31.0 Å². The second kappa shape index (κ2) is 7.31. The van der Waals surface area contributed by atoms with E-state index in [2.05, 4.69) is 10.6 Å². The third kappa shape index (κ3) is 4.63. The summed E-state index contributed by atoms with van der Waals surface area (Å²) in [7, 11) is 0. The lowest BCUT2D eigenvalue weighted by atomic mass is 10.1. The first-order valence-electron chi connectivity index (χ1n) is 7.16. The van der Waals surface area contributed by atoms with E-state index in [1.807, 2.05) is 0 Å². The average molecular weight is 311 g/mol. The second-order valence-corrected chi connectivity index (χ2v) is 5.71. The lowest BCUT2D eigenvalue weighted by Gasteiger charge is -2.16. The summed E-state index contributed by atoms with van der Waals surface area (Å²) in [5.74, 6) is -1.60. The van der Waals surface area contributed by atoms with E-state index in [1.54, 1.807) is 0 Å². The van der Waals surface area contributed by atoms with Gasteiger partial charge in [-0.25, -0.2) is 0 Å². The molecule has 0 aromatic heterocycles. The van der Waals surface area contributed by atoms with E-state index in [9.17, 15) is 14.7 Å². The fraction of sp³-hybridized carbons (Fsp3) is 0.467. The summed E-state index contributed by atoms with van der Waals surface area (Å²) >= 11 is 5.79. The van der Waals surface area contributed by atoms with Gasteiger partial charge in [0.05, 0.1) is 5.69 Å². The second-order valence-electron chi connectivity index (χ2n) is 5.28. The maximum Gasteiger partial charge on any atom is 0.313 e. The van der Waals surface area contributed by atoms with Gasteiger partial charge in [-0.1, -0.05) is 37.3 Å². The molecule has 1 aromatic carbocycles. The Hall–Kier alpha value is -1.75. The van der Waals surface area contributed by atoms with Crippen molar-refractivity contribution in [1.29, 1.82) is 0 Å². The van der Waals surface area contributed by atoms with Crippen LogP contribution in [0.1, 0.15) is 38.5 Å². The Labute approximate surface area is 128 Å². The van der Waals surface area contributed by atoms with Gasteiger partial charge >= 0.3 is 11.8 Å². The van der Waals surface area contributed by atoms with Crippen LogP contribution in [0.2, 0.25) is 5.02 Å². The molecule has 6 heteroatoms. The van der Waals surface area contributed by atoms with Gasteiger partial charge in [0.25, 0.3) is 0 Å². The summed E-state index contributed by atoms with van der Waals surface area (Å²) < 4.78 is 0. The van der Waals surface area contributed by atoms with Crippen LogP contribution in [-0.4, -0.2) is 23.0 Å². The van der Waals surface area contributed by atoms with E-state index >= 15 is 0 Å². The standard InChI is InChI=1S/C15H19ClN2O3/c16-10-7-8-13(19)12(9-10)18-15(21)14(20)17-11-5-3-1-2-4-6-11/h7-9,11,19H,1-6H2,(H,17,20)(H,18,21). The minimum atomic E-state index is -0.795. The van der Waals surface area contributed by atoms with Crippen molar-refractivity contribution in [2.24, 2.45) is 0 Å². The highest BCUT2D eigenvalue weighted by atomic mass is 35.5. The van der Waals surface area contributed by atoms with Gasteiger partial charge in [-0.3, -0.25) is 9.59 Å². The Bertz CT molecular complexity index is 526. The molecule has 2 amide bonds. The summed E-state index contributed by atoms with van der Waals surface area (Å²) in [6.45, 7) is 0. The lowest BCUT2D eigenvalue weighted by Crippen LogP contribution is -2.41. The number of carbonyl (C=O) groups excluding carboxylic acids is 2. The molecule has 0 aliphatic heterocycles. The molecule has 1 aliphatic rings. The van der Waals surface area contributed by atoms with Gasteiger partial charge in [-0.2, -0.15) is 0 Å². The van der Waals surface area contributed by atoms with Crippen molar-refractivity contribution >= 4 is 29.1 Å². The number of phenolic OH excluding ortho intramolecular Hbond substituents is 1. The third-order valence-corrected chi connectivity index (χ3v) is 3.84. The number of hydrogen-bond acceptors (Lipinski definition) is 3. The molecule has 0 bridgehead atoms. The molecule has 1 aromatic rings. The number of carbonyl (C=O) groups is 2. The molecule has 1 saturated carbocycles. The number of benzene rings is 1. The van der Waals surface area contributed by atoms with E-state index < -0.39 is 11.8 Å². The van der Waals surface area contributed by atoms with Crippen molar-refractivity contribution in [2.75, 3.05) is 5.32 Å². The molecule has 3 N–H and O–H groups in total. The Balaban J connectivity index is 1.92. The van der Waals surface area contributed by atoms with Crippen LogP contribution in [0.3, 0.4) is 0 Å². The SMILES string of the molecule is O=C(Nc1cc(Cl)ccc1O)C(=O)NC1CCCCCC1. The fourth-order valence-corrected chi connectivity index (χ4v) is 2.63. The predicted octanol–water partition coefficient (Wildman–Crippen LogP) is 2.82. The van der Waals surface area contributed by atoms with Gasteiger partial charge in [-0.05, 0) is 31.0 Å². The number of nitrogens with one attached hydrogen (secondary N) is 2. The van der Waals surface area contributed by atoms with Crippen molar-refractivity contribution in [1.82, 2.24) is 5.32 Å². The Morgan fingerprint density at radius 2 is 1.76 bits per heavy atom. The number of halogens is 1. The number of phenols is 1. The summed E-state index contributed by atoms with van der Waals surface area (Å²) in [6.07, 6.45) is 6.30. The molecule has 21 heavy (non-hydrogen) atoms. The summed E-state index contributed by atoms with van der Waals surface area (Å²) in [5.41, 5.74) is 0.128. The van der Waals surface area contributed by atoms with Crippen LogP contribution in [0.15, 0.2) is 18.2 Å². The minimum Gasteiger partial charge on any atom is -0.506 e. The van der Waals surface area contributed by atoms with Crippen LogP contribution >= 0.6 is 11.6 Å². The Kier molecular flexibility index (Phi) is 5.44. The van der Waals surface area contributed by atoms with Crippen LogP contribution in [0.25, 0.3) is 0 Å². The van der Waals surface area contributed by atoms with E-state index in [0.717, 1.165) is 25.7 Å². The van der Waals surface area contributed by atoms with E-state index in [-0.39, 0.29) is 17.5 Å². The molecular weight excluding hydrogens is 292 g/mol. The van der Waals surface area contributed by atoms with Crippen molar-refractivity contribution in [3.8, 4) is 5.75 Å². The van der Waals surface area contributed by atoms with Gasteiger partial charge in [0.2, 0.25) is 0 Å².